The van der Waals surface area contributed by atoms with E-state index in [1.807, 2.05) is 30.3 Å². The van der Waals surface area contributed by atoms with Crippen LogP contribution in [0.25, 0.3) is 0 Å². The fourth-order valence-electron chi connectivity index (χ4n) is 2.41. The minimum absolute atomic E-state index is 0.262. The van der Waals surface area contributed by atoms with Crippen molar-refractivity contribution in [3.63, 3.8) is 0 Å². The Morgan fingerprint density at radius 3 is 2.55 bits per heavy atom. The molecule has 2 N–H and O–H groups in total. The van der Waals surface area contributed by atoms with E-state index in [-0.39, 0.29) is 5.56 Å². The van der Waals surface area contributed by atoms with Gasteiger partial charge < -0.3 is 10.6 Å². The average Bonchev–Trinajstić information content (AvgIpc) is 2.84. The van der Waals surface area contributed by atoms with Gasteiger partial charge in [0.15, 0.2) is 17.6 Å². The third-order valence-electron chi connectivity index (χ3n) is 3.36. The molecule has 1 unspecified atom stereocenters. The Bertz CT molecular complexity index is 655. The number of guanidine groups is 1. The summed E-state index contributed by atoms with van der Waals surface area (Å²) >= 11 is 0. The van der Waals surface area contributed by atoms with E-state index in [0.717, 1.165) is 11.8 Å². The molecule has 0 amide bonds. The largest absolute Gasteiger partial charge is 0.369 e. The highest BCUT2D eigenvalue weighted by Gasteiger charge is 2.31. The van der Waals surface area contributed by atoms with E-state index in [1.165, 1.54) is 6.07 Å². The summed E-state index contributed by atoms with van der Waals surface area (Å²) in [5.74, 6) is -1.39. The number of para-hydroxylation sites is 1. The van der Waals surface area contributed by atoms with Crippen LogP contribution in [0.15, 0.2) is 53.5 Å². The molecule has 2 aromatic rings. The van der Waals surface area contributed by atoms with Crippen LogP contribution in [0.4, 0.5) is 14.5 Å². The smallest absolute Gasteiger partial charge is 0.196 e. The van der Waals surface area contributed by atoms with Crippen molar-refractivity contribution < 1.29 is 8.78 Å². The first-order valence-electron chi connectivity index (χ1n) is 6.26. The molecule has 0 radical (unpaired) electrons. The summed E-state index contributed by atoms with van der Waals surface area (Å²) in [7, 11) is 0. The van der Waals surface area contributed by atoms with Crippen LogP contribution >= 0.6 is 0 Å². The number of rotatable bonds is 2. The molecule has 1 aliphatic heterocycles. The average molecular weight is 273 g/mol. The van der Waals surface area contributed by atoms with E-state index < -0.39 is 17.7 Å². The number of nitrogens with two attached hydrogens (primary N) is 1. The van der Waals surface area contributed by atoms with Crippen LogP contribution in [0, 0.1) is 11.6 Å². The molecule has 0 saturated heterocycles. The van der Waals surface area contributed by atoms with Crippen LogP contribution in [0.2, 0.25) is 0 Å². The van der Waals surface area contributed by atoms with Crippen LogP contribution in [-0.4, -0.2) is 12.5 Å². The number of halogens is 2. The van der Waals surface area contributed by atoms with Crippen molar-refractivity contribution in [3.05, 3.63) is 65.7 Å². The summed E-state index contributed by atoms with van der Waals surface area (Å²) in [6.07, 6.45) is 0. The van der Waals surface area contributed by atoms with Crippen LogP contribution in [0.1, 0.15) is 11.6 Å². The highest BCUT2D eigenvalue weighted by molar-refractivity contribution is 5.97. The van der Waals surface area contributed by atoms with Gasteiger partial charge in [-0.15, -0.1) is 0 Å². The van der Waals surface area contributed by atoms with Crippen LogP contribution in [0.5, 0.6) is 0 Å². The van der Waals surface area contributed by atoms with Crippen molar-refractivity contribution in [1.82, 2.24) is 0 Å². The highest BCUT2D eigenvalue weighted by atomic mass is 19.2. The van der Waals surface area contributed by atoms with Gasteiger partial charge in [-0.25, -0.2) is 8.78 Å². The highest BCUT2D eigenvalue weighted by Crippen LogP contribution is 2.32. The molecule has 0 fully saturated rings. The first-order chi connectivity index (χ1) is 9.68. The number of anilines is 1. The minimum Gasteiger partial charge on any atom is -0.369 e. The fraction of sp³-hybridized carbons (Fsp3) is 0.133. The molecule has 2 aromatic carbocycles. The number of benzene rings is 2. The maximum atomic E-state index is 14.0. The van der Waals surface area contributed by atoms with Crippen molar-refractivity contribution in [1.29, 1.82) is 0 Å². The Morgan fingerprint density at radius 2 is 1.80 bits per heavy atom. The van der Waals surface area contributed by atoms with Crippen LogP contribution < -0.4 is 10.6 Å². The first-order valence-corrected chi connectivity index (χ1v) is 6.26. The summed E-state index contributed by atoms with van der Waals surface area (Å²) in [6, 6.07) is 13.1. The van der Waals surface area contributed by atoms with E-state index >= 15 is 0 Å². The third kappa shape index (κ3) is 2.01. The maximum Gasteiger partial charge on any atom is 0.196 e. The Morgan fingerprint density at radius 1 is 1.05 bits per heavy atom. The van der Waals surface area contributed by atoms with Gasteiger partial charge in [-0.05, 0) is 18.2 Å². The van der Waals surface area contributed by atoms with Gasteiger partial charge in [0.25, 0.3) is 0 Å². The zero-order chi connectivity index (χ0) is 14.1. The lowest BCUT2D eigenvalue weighted by Crippen LogP contribution is -2.36. The molecule has 5 heteroatoms. The Labute approximate surface area is 115 Å². The lowest BCUT2D eigenvalue weighted by Gasteiger charge is -2.26. The Kier molecular flexibility index (Phi) is 3.10. The maximum absolute atomic E-state index is 14.0. The van der Waals surface area contributed by atoms with Gasteiger partial charge in [0.1, 0.15) is 0 Å². The Balaban J connectivity index is 2.04. The quantitative estimate of drug-likeness (QED) is 0.914. The van der Waals surface area contributed by atoms with Crippen molar-refractivity contribution >= 4 is 11.6 Å². The second kappa shape index (κ2) is 4.92. The Hall–Kier alpha value is -2.43. The summed E-state index contributed by atoms with van der Waals surface area (Å²) < 4.78 is 27.4. The van der Waals surface area contributed by atoms with Gasteiger partial charge in [-0.2, -0.15) is 0 Å². The summed E-state index contributed by atoms with van der Waals surface area (Å²) in [6.45, 7) is 0.307. The molecule has 20 heavy (non-hydrogen) atoms. The predicted molar refractivity (Wildman–Crippen MR) is 74.5 cm³/mol. The van der Waals surface area contributed by atoms with Gasteiger partial charge in [0.2, 0.25) is 0 Å². The molecule has 3 rings (SSSR count). The second-order valence-corrected chi connectivity index (χ2v) is 4.56. The topological polar surface area (TPSA) is 41.6 Å². The summed E-state index contributed by atoms with van der Waals surface area (Å²) in [5.41, 5.74) is 6.95. The molecule has 0 bridgehead atoms. The number of aliphatic imine (C=N–C) groups is 1. The van der Waals surface area contributed by atoms with Crippen LogP contribution in [-0.2, 0) is 0 Å². The second-order valence-electron chi connectivity index (χ2n) is 4.56. The molecule has 0 aliphatic carbocycles. The molecule has 3 nitrogen and oxygen atoms in total. The number of nitrogens with zero attached hydrogens (tertiary/aromatic N) is 2. The van der Waals surface area contributed by atoms with Gasteiger partial charge >= 0.3 is 0 Å². The monoisotopic (exact) mass is 273 g/mol. The van der Waals surface area contributed by atoms with E-state index in [0.29, 0.717) is 12.5 Å². The van der Waals surface area contributed by atoms with Crippen LogP contribution in [0.3, 0.4) is 0 Å². The van der Waals surface area contributed by atoms with Crippen molar-refractivity contribution in [2.24, 2.45) is 10.7 Å². The molecular formula is C15H13F2N3. The predicted octanol–water partition coefficient (Wildman–Crippen LogP) is 2.84. The SMILES string of the molecule is NC1=NCC(c2cccc(F)c2F)N1c1ccccc1. The normalized spacial score (nSPS) is 18.2. The lowest BCUT2D eigenvalue weighted by atomic mass is 10.0. The van der Waals surface area contributed by atoms with Crippen molar-refractivity contribution in [2.45, 2.75) is 6.04 Å². The molecular weight excluding hydrogens is 260 g/mol. The van der Waals surface area contributed by atoms with Crippen molar-refractivity contribution in [3.8, 4) is 0 Å². The standard InChI is InChI=1S/C15H13F2N3/c16-12-8-4-7-11(14(12)17)13-9-19-15(18)20(13)10-5-2-1-3-6-10/h1-8,13H,9H2,(H2,18,19). The van der Waals surface area contributed by atoms with E-state index in [1.54, 1.807) is 11.0 Å². The third-order valence-corrected chi connectivity index (χ3v) is 3.36. The van der Waals surface area contributed by atoms with E-state index in [9.17, 15) is 8.78 Å². The van der Waals surface area contributed by atoms with Gasteiger partial charge in [-0.3, -0.25) is 4.99 Å². The lowest BCUT2D eigenvalue weighted by molar-refractivity contribution is 0.491. The van der Waals surface area contributed by atoms with E-state index in [4.69, 9.17) is 5.73 Å². The molecule has 0 aromatic heterocycles. The molecule has 1 aliphatic rings. The van der Waals surface area contributed by atoms with Gasteiger partial charge in [-0.1, -0.05) is 30.3 Å². The molecule has 0 saturated carbocycles. The molecule has 1 heterocycles. The van der Waals surface area contributed by atoms with E-state index in [2.05, 4.69) is 4.99 Å². The fourth-order valence-corrected chi connectivity index (χ4v) is 2.41. The van der Waals surface area contributed by atoms with Crippen molar-refractivity contribution in [2.75, 3.05) is 11.4 Å². The summed E-state index contributed by atoms with van der Waals surface area (Å²) in [4.78, 5) is 5.87. The molecule has 1 atom stereocenters. The molecule has 0 spiro atoms. The zero-order valence-electron chi connectivity index (χ0n) is 10.6. The molecule has 102 valence electrons. The van der Waals surface area contributed by atoms with Gasteiger partial charge in [0, 0.05) is 11.3 Å². The summed E-state index contributed by atoms with van der Waals surface area (Å²) in [5, 5.41) is 0. The first kappa shape index (κ1) is 12.6. The minimum atomic E-state index is -0.860. The van der Waals surface area contributed by atoms with Gasteiger partial charge in [0.05, 0.1) is 12.6 Å². The number of hydrogen-bond donors (Lipinski definition) is 1. The number of hydrogen-bond acceptors (Lipinski definition) is 3. The zero-order valence-corrected chi connectivity index (χ0v) is 10.6.